The molecule has 0 aliphatic heterocycles. The van der Waals surface area contributed by atoms with Crippen LogP contribution in [0.4, 0.5) is 0 Å². The summed E-state index contributed by atoms with van der Waals surface area (Å²) in [5, 5.41) is 0. The molecule has 0 heterocycles. The number of para-hydroxylation sites is 1. The molecule has 0 saturated heterocycles. The predicted octanol–water partition coefficient (Wildman–Crippen LogP) is 3.04. The zero-order valence-electron chi connectivity index (χ0n) is 10.0. The number of esters is 1. The number of hydrogen-bond acceptors (Lipinski definition) is 3. The molecule has 0 amide bonds. The number of hydrogen-bond donors (Lipinski definition) is 0. The number of ether oxygens (including phenoxy) is 2. The minimum absolute atomic E-state index is 0.0674. The fourth-order valence-electron chi connectivity index (χ4n) is 1.25. The Morgan fingerprint density at radius 2 is 2.00 bits per heavy atom. The Labute approximate surface area is 96.4 Å². The Bertz CT molecular complexity index is 347. The summed E-state index contributed by atoms with van der Waals surface area (Å²) in [6.07, 6.45) is 0.741. The highest BCUT2D eigenvalue weighted by Crippen LogP contribution is 2.19. The Kier molecular flexibility index (Phi) is 4.83. The van der Waals surface area contributed by atoms with Crippen LogP contribution >= 0.6 is 0 Å². The third-order valence-electron chi connectivity index (χ3n) is 2.29. The topological polar surface area (TPSA) is 35.5 Å². The molecule has 0 saturated carbocycles. The van der Waals surface area contributed by atoms with Crippen LogP contribution in [-0.2, 0) is 4.74 Å². The minimum atomic E-state index is -0.321. The van der Waals surface area contributed by atoms with E-state index in [0.717, 1.165) is 6.42 Å². The van der Waals surface area contributed by atoms with Gasteiger partial charge < -0.3 is 9.47 Å². The second-order valence-electron chi connectivity index (χ2n) is 3.55. The van der Waals surface area contributed by atoms with Crippen molar-refractivity contribution in [2.24, 2.45) is 0 Å². The fourth-order valence-corrected chi connectivity index (χ4v) is 1.25. The summed E-state index contributed by atoms with van der Waals surface area (Å²) in [5.74, 6) is 0.261. The summed E-state index contributed by atoms with van der Waals surface area (Å²) in [4.78, 5) is 11.8. The summed E-state index contributed by atoms with van der Waals surface area (Å²) in [6.45, 7) is 6.28. The van der Waals surface area contributed by atoms with Gasteiger partial charge in [0.05, 0.1) is 12.7 Å². The molecule has 1 rings (SSSR count). The zero-order valence-corrected chi connectivity index (χ0v) is 10.0. The van der Waals surface area contributed by atoms with E-state index in [0.29, 0.717) is 17.9 Å². The molecule has 0 bridgehead atoms. The molecular formula is C13H18O3. The van der Waals surface area contributed by atoms with E-state index in [9.17, 15) is 4.79 Å². The quantitative estimate of drug-likeness (QED) is 0.718. The zero-order chi connectivity index (χ0) is 12.0. The van der Waals surface area contributed by atoms with Crippen LogP contribution in [0.2, 0.25) is 0 Å². The van der Waals surface area contributed by atoms with Gasteiger partial charge in [0.25, 0.3) is 0 Å². The highest BCUT2D eigenvalue weighted by molar-refractivity contribution is 5.92. The predicted molar refractivity (Wildman–Crippen MR) is 62.8 cm³/mol. The maximum absolute atomic E-state index is 11.8. The molecule has 0 aromatic heterocycles. The van der Waals surface area contributed by atoms with E-state index in [2.05, 4.69) is 0 Å². The first kappa shape index (κ1) is 12.6. The third-order valence-corrected chi connectivity index (χ3v) is 2.29. The van der Waals surface area contributed by atoms with Gasteiger partial charge in [0, 0.05) is 0 Å². The van der Waals surface area contributed by atoms with Gasteiger partial charge in [-0.25, -0.2) is 4.79 Å². The molecule has 0 spiro atoms. The molecule has 1 unspecified atom stereocenters. The maximum atomic E-state index is 11.8. The van der Waals surface area contributed by atoms with E-state index >= 15 is 0 Å². The van der Waals surface area contributed by atoms with Gasteiger partial charge in [0.1, 0.15) is 11.3 Å². The molecule has 16 heavy (non-hydrogen) atoms. The minimum Gasteiger partial charge on any atom is -0.493 e. The highest BCUT2D eigenvalue weighted by Gasteiger charge is 2.15. The lowest BCUT2D eigenvalue weighted by atomic mass is 10.2. The van der Waals surface area contributed by atoms with Gasteiger partial charge in [-0.05, 0) is 32.4 Å². The Hall–Kier alpha value is -1.51. The van der Waals surface area contributed by atoms with Crippen LogP contribution in [-0.4, -0.2) is 18.7 Å². The molecule has 0 fully saturated rings. The normalized spacial score (nSPS) is 11.9. The Balaban J connectivity index is 2.81. The van der Waals surface area contributed by atoms with Crippen molar-refractivity contribution in [1.29, 1.82) is 0 Å². The highest BCUT2D eigenvalue weighted by atomic mass is 16.5. The van der Waals surface area contributed by atoms with Crippen molar-refractivity contribution in [1.82, 2.24) is 0 Å². The van der Waals surface area contributed by atoms with E-state index in [4.69, 9.17) is 9.47 Å². The van der Waals surface area contributed by atoms with Gasteiger partial charge in [-0.2, -0.15) is 0 Å². The Morgan fingerprint density at radius 1 is 1.31 bits per heavy atom. The van der Waals surface area contributed by atoms with Crippen LogP contribution in [0.3, 0.4) is 0 Å². The van der Waals surface area contributed by atoms with Crippen molar-refractivity contribution in [3.05, 3.63) is 29.8 Å². The molecule has 0 radical (unpaired) electrons. The van der Waals surface area contributed by atoms with E-state index in [1.807, 2.05) is 26.8 Å². The largest absolute Gasteiger partial charge is 0.493 e. The van der Waals surface area contributed by atoms with Crippen LogP contribution in [0.25, 0.3) is 0 Å². The molecule has 0 N–H and O–H groups in total. The molecule has 88 valence electrons. The number of carbonyl (C=O) groups is 1. The van der Waals surface area contributed by atoms with Crippen molar-refractivity contribution < 1.29 is 14.3 Å². The summed E-state index contributed by atoms with van der Waals surface area (Å²) in [7, 11) is 0. The molecule has 1 atom stereocenters. The van der Waals surface area contributed by atoms with Crippen LogP contribution in [0.5, 0.6) is 5.75 Å². The maximum Gasteiger partial charge on any atom is 0.342 e. The molecule has 1 aromatic carbocycles. The van der Waals surface area contributed by atoms with Gasteiger partial charge in [-0.15, -0.1) is 0 Å². The molecule has 0 aliphatic carbocycles. The Morgan fingerprint density at radius 3 is 2.62 bits per heavy atom. The van der Waals surface area contributed by atoms with Gasteiger partial charge >= 0.3 is 5.97 Å². The SMILES string of the molecule is CCOc1ccccc1C(=O)OC(C)CC. The van der Waals surface area contributed by atoms with Crippen molar-refractivity contribution in [3.8, 4) is 5.75 Å². The number of rotatable bonds is 5. The summed E-state index contributed by atoms with van der Waals surface area (Å²) in [6, 6.07) is 7.13. The lowest BCUT2D eigenvalue weighted by molar-refractivity contribution is 0.0330. The lowest BCUT2D eigenvalue weighted by Crippen LogP contribution is -2.15. The molecule has 1 aromatic rings. The first-order valence-electron chi connectivity index (χ1n) is 5.61. The van der Waals surface area contributed by atoms with Crippen LogP contribution in [0.15, 0.2) is 24.3 Å². The second-order valence-corrected chi connectivity index (χ2v) is 3.55. The average molecular weight is 222 g/mol. The third kappa shape index (κ3) is 3.26. The first-order chi connectivity index (χ1) is 7.69. The van der Waals surface area contributed by atoms with E-state index in [-0.39, 0.29) is 12.1 Å². The van der Waals surface area contributed by atoms with Gasteiger partial charge in [0.2, 0.25) is 0 Å². The number of carbonyl (C=O) groups excluding carboxylic acids is 1. The lowest BCUT2D eigenvalue weighted by Gasteiger charge is -2.13. The summed E-state index contributed by atoms with van der Waals surface area (Å²) >= 11 is 0. The van der Waals surface area contributed by atoms with E-state index < -0.39 is 0 Å². The van der Waals surface area contributed by atoms with Gasteiger partial charge in [-0.1, -0.05) is 19.1 Å². The van der Waals surface area contributed by atoms with Crippen molar-refractivity contribution >= 4 is 5.97 Å². The van der Waals surface area contributed by atoms with Crippen LogP contribution in [0.1, 0.15) is 37.6 Å². The molecule has 0 aliphatic rings. The summed E-state index contributed by atoms with van der Waals surface area (Å²) in [5.41, 5.74) is 0.490. The molecule has 3 heteroatoms. The first-order valence-corrected chi connectivity index (χ1v) is 5.61. The van der Waals surface area contributed by atoms with Crippen molar-refractivity contribution in [2.75, 3.05) is 6.61 Å². The summed E-state index contributed by atoms with van der Waals surface area (Å²) < 4.78 is 10.6. The number of benzene rings is 1. The van der Waals surface area contributed by atoms with Crippen LogP contribution < -0.4 is 4.74 Å². The molecular weight excluding hydrogens is 204 g/mol. The van der Waals surface area contributed by atoms with E-state index in [1.165, 1.54) is 0 Å². The fraction of sp³-hybridized carbons (Fsp3) is 0.462. The van der Waals surface area contributed by atoms with Gasteiger partial charge in [0.15, 0.2) is 0 Å². The van der Waals surface area contributed by atoms with E-state index in [1.54, 1.807) is 18.2 Å². The molecule has 3 nitrogen and oxygen atoms in total. The van der Waals surface area contributed by atoms with Crippen LogP contribution in [0, 0.1) is 0 Å². The van der Waals surface area contributed by atoms with Crippen molar-refractivity contribution in [2.45, 2.75) is 33.3 Å². The van der Waals surface area contributed by atoms with Crippen molar-refractivity contribution in [3.63, 3.8) is 0 Å². The smallest absolute Gasteiger partial charge is 0.342 e. The second kappa shape index (κ2) is 6.16. The standard InChI is InChI=1S/C13H18O3/c1-4-10(3)16-13(14)11-8-6-7-9-12(11)15-5-2/h6-10H,4-5H2,1-3H3. The average Bonchev–Trinajstić information content (AvgIpc) is 2.30. The van der Waals surface area contributed by atoms with Gasteiger partial charge in [-0.3, -0.25) is 0 Å². The monoisotopic (exact) mass is 222 g/mol.